The van der Waals surface area contributed by atoms with Gasteiger partial charge in [-0.05, 0) is 42.7 Å². The van der Waals surface area contributed by atoms with Crippen molar-refractivity contribution in [1.82, 2.24) is 0 Å². The third kappa shape index (κ3) is 4.17. The van der Waals surface area contributed by atoms with Gasteiger partial charge < -0.3 is 15.0 Å². The summed E-state index contributed by atoms with van der Waals surface area (Å²) in [7, 11) is 1.57. The van der Waals surface area contributed by atoms with Crippen LogP contribution in [0, 0.1) is 0 Å². The number of benzene rings is 2. The van der Waals surface area contributed by atoms with Crippen LogP contribution in [0.3, 0.4) is 0 Å². The van der Waals surface area contributed by atoms with E-state index >= 15 is 0 Å². The number of nitrogens with zero attached hydrogens (tertiary/aromatic N) is 1. The summed E-state index contributed by atoms with van der Waals surface area (Å²) in [6.07, 6.45) is 2.30. The van der Waals surface area contributed by atoms with E-state index in [1.807, 2.05) is 36.4 Å². The third-order valence-corrected chi connectivity index (χ3v) is 4.69. The van der Waals surface area contributed by atoms with E-state index in [1.165, 1.54) is 0 Å². The van der Waals surface area contributed by atoms with Crippen LogP contribution in [-0.2, 0) is 16.0 Å². The predicted molar refractivity (Wildman–Crippen MR) is 103 cm³/mol. The molecule has 1 heterocycles. The van der Waals surface area contributed by atoms with Gasteiger partial charge in [-0.2, -0.15) is 0 Å². The molecular weight excluding hydrogens is 352 g/mol. The second-order valence-electron chi connectivity index (χ2n) is 6.18. The van der Waals surface area contributed by atoms with Gasteiger partial charge in [-0.25, -0.2) is 0 Å². The molecule has 2 aromatic rings. The van der Waals surface area contributed by atoms with Crippen LogP contribution >= 0.6 is 11.6 Å². The number of rotatable bonds is 6. The van der Waals surface area contributed by atoms with Gasteiger partial charge in [0.15, 0.2) is 0 Å². The Morgan fingerprint density at radius 3 is 2.77 bits per heavy atom. The van der Waals surface area contributed by atoms with Crippen LogP contribution in [0.4, 0.5) is 11.4 Å². The zero-order valence-corrected chi connectivity index (χ0v) is 15.4. The number of ether oxygens (including phenoxy) is 1. The Hall–Kier alpha value is -2.53. The number of anilines is 2. The lowest BCUT2D eigenvalue weighted by Crippen LogP contribution is -2.25. The molecule has 0 aromatic heterocycles. The lowest BCUT2D eigenvalue weighted by atomic mass is 10.1. The van der Waals surface area contributed by atoms with Crippen molar-refractivity contribution in [1.29, 1.82) is 0 Å². The number of carbonyl (C=O) groups excluding carboxylic acids is 2. The second-order valence-corrected chi connectivity index (χ2v) is 6.59. The van der Waals surface area contributed by atoms with Gasteiger partial charge in [0.2, 0.25) is 11.8 Å². The van der Waals surface area contributed by atoms with Gasteiger partial charge in [0.25, 0.3) is 0 Å². The quantitative estimate of drug-likeness (QED) is 0.832. The van der Waals surface area contributed by atoms with Crippen LogP contribution < -0.4 is 15.0 Å². The Bertz CT molecular complexity index is 822. The lowest BCUT2D eigenvalue weighted by molar-refractivity contribution is -0.117. The molecule has 5 nitrogen and oxygen atoms in total. The summed E-state index contributed by atoms with van der Waals surface area (Å²) in [5, 5.41) is 3.46. The van der Waals surface area contributed by atoms with Crippen LogP contribution in [0.25, 0.3) is 0 Å². The van der Waals surface area contributed by atoms with Crippen molar-refractivity contribution >= 4 is 34.8 Å². The van der Waals surface area contributed by atoms with Crippen molar-refractivity contribution in [2.24, 2.45) is 0 Å². The normalized spacial score (nSPS) is 13.8. The van der Waals surface area contributed by atoms with E-state index < -0.39 is 0 Å². The first kappa shape index (κ1) is 18.3. The molecule has 3 rings (SSSR count). The van der Waals surface area contributed by atoms with E-state index in [1.54, 1.807) is 18.1 Å². The molecule has 6 heteroatoms. The molecule has 0 unspecified atom stereocenters. The molecular formula is C20H21ClN2O3. The molecule has 0 bridgehead atoms. The maximum atomic E-state index is 12.4. The van der Waals surface area contributed by atoms with Crippen LogP contribution in [-0.4, -0.2) is 25.5 Å². The van der Waals surface area contributed by atoms with Gasteiger partial charge in [-0.3, -0.25) is 9.59 Å². The number of carbonyl (C=O) groups is 2. The summed E-state index contributed by atoms with van der Waals surface area (Å²) in [5.74, 6) is 0.611. The van der Waals surface area contributed by atoms with E-state index in [0.29, 0.717) is 42.3 Å². The minimum Gasteiger partial charge on any atom is -0.495 e. The van der Waals surface area contributed by atoms with Crippen LogP contribution in [0.1, 0.15) is 24.8 Å². The SMILES string of the molecule is COc1ccc(CCC(=O)Nc2ccccc2N2CCCC2=O)cc1Cl. The molecule has 1 aliphatic rings. The first-order valence-corrected chi connectivity index (χ1v) is 8.98. The standard InChI is InChI=1S/C20H21ClN2O3/c1-26-18-10-8-14(13-15(18)21)9-11-19(24)22-16-5-2-3-6-17(16)23-12-4-7-20(23)25/h2-3,5-6,8,10,13H,4,7,9,11-12H2,1H3,(H,22,24). The summed E-state index contributed by atoms with van der Waals surface area (Å²) in [6, 6.07) is 12.9. The van der Waals surface area contributed by atoms with E-state index in [2.05, 4.69) is 5.32 Å². The molecule has 0 atom stereocenters. The van der Waals surface area contributed by atoms with E-state index in [4.69, 9.17) is 16.3 Å². The van der Waals surface area contributed by atoms with Gasteiger partial charge in [0.05, 0.1) is 23.5 Å². The molecule has 0 aliphatic carbocycles. The molecule has 0 spiro atoms. The summed E-state index contributed by atoms with van der Waals surface area (Å²) < 4.78 is 5.13. The highest BCUT2D eigenvalue weighted by atomic mass is 35.5. The summed E-state index contributed by atoms with van der Waals surface area (Å²) in [6.45, 7) is 0.691. The van der Waals surface area contributed by atoms with Crippen molar-refractivity contribution in [2.45, 2.75) is 25.7 Å². The number of halogens is 1. The van der Waals surface area contributed by atoms with Gasteiger partial charge in [0.1, 0.15) is 5.75 Å². The molecule has 2 amide bonds. The molecule has 26 heavy (non-hydrogen) atoms. The first-order valence-electron chi connectivity index (χ1n) is 8.60. The molecule has 1 fully saturated rings. The Morgan fingerprint density at radius 1 is 1.27 bits per heavy atom. The van der Waals surface area contributed by atoms with E-state index in [9.17, 15) is 9.59 Å². The Morgan fingerprint density at radius 2 is 2.08 bits per heavy atom. The fraction of sp³-hybridized carbons (Fsp3) is 0.300. The zero-order valence-electron chi connectivity index (χ0n) is 14.6. The fourth-order valence-electron chi connectivity index (χ4n) is 3.05. The Kier molecular flexibility index (Phi) is 5.78. The zero-order chi connectivity index (χ0) is 18.5. The molecule has 0 saturated carbocycles. The average molecular weight is 373 g/mol. The smallest absolute Gasteiger partial charge is 0.227 e. The number of hydrogen-bond donors (Lipinski definition) is 1. The maximum Gasteiger partial charge on any atom is 0.227 e. The molecule has 1 aliphatic heterocycles. The van der Waals surface area contributed by atoms with E-state index in [0.717, 1.165) is 17.7 Å². The topological polar surface area (TPSA) is 58.6 Å². The number of para-hydroxylation sites is 2. The van der Waals surface area contributed by atoms with Crippen LogP contribution in [0.5, 0.6) is 5.75 Å². The first-order chi connectivity index (χ1) is 12.6. The Labute approximate surface area is 157 Å². The van der Waals surface area contributed by atoms with Crippen molar-refractivity contribution in [3.05, 3.63) is 53.1 Å². The molecule has 1 N–H and O–H groups in total. The fourth-order valence-corrected chi connectivity index (χ4v) is 3.33. The number of hydrogen-bond acceptors (Lipinski definition) is 3. The van der Waals surface area contributed by atoms with Crippen molar-refractivity contribution in [2.75, 3.05) is 23.9 Å². The van der Waals surface area contributed by atoms with Crippen molar-refractivity contribution in [3.63, 3.8) is 0 Å². The predicted octanol–water partition coefficient (Wildman–Crippen LogP) is 4.05. The second kappa shape index (κ2) is 8.23. The van der Waals surface area contributed by atoms with Gasteiger partial charge in [-0.15, -0.1) is 0 Å². The number of nitrogens with one attached hydrogen (secondary N) is 1. The van der Waals surface area contributed by atoms with Gasteiger partial charge in [0, 0.05) is 19.4 Å². The highest BCUT2D eigenvalue weighted by Gasteiger charge is 2.24. The molecule has 1 saturated heterocycles. The summed E-state index contributed by atoms with van der Waals surface area (Å²) in [5.41, 5.74) is 2.39. The molecule has 136 valence electrons. The number of amides is 2. The molecule has 2 aromatic carbocycles. The van der Waals surface area contributed by atoms with Gasteiger partial charge >= 0.3 is 0 Å². The van der Waals surface area contributed by atoms with E-state index in [-0.39, 0.29) is 11.8 Å². The number of methoxy groups -OCH3 is 1. The maximum absolute atomic E-state index is 12.4. The largest absolute Gasteiger partial charge is 0.495 e. The minimum absolute atomic E-state index is 0.0968. The average Bonchev–Trinajstić information content (AvgIpc) is 3.06. The van der Waals surface area contributed by atoms with Crippen LogP contribution in [0.15, 0.2) is 42.5 Å². The van der Waals surface area contributed by atoms with Gasteiger partial charge in [-0.1, -0.05) is 29.8 Å². The summed E-state index contributed by atoms with van der Waals surface area (Å²) in [4.78, 5) is 26.1. The van der Waals surface area contributed by atoms with Crippen molar-refractivity contribution < 1.29 is 14.3 Å². The minimum atomic E-state index is -0.101. The highest BCUT2D eigenvalue weighted by molar-refractivity contribution is 6.32. The highest BCUT2D eigenvalue weighted by Crippen LogP contribution is 2.30. The Balaban J connectivity index is 1.64. The van der Waals surface area contributed by atoms with Crippen LogP contribution in [0.2, 0.25) is 5.02 Å². The van der Waals surface area contributed by atoms with Crippen molar-refractivity contribution in [3.8, 4) is 5.75 Å². The lowest BCUT2D eigenvalue weighted by Gasteiger charge is -2.20. The third-order valence-electron chi connectivity index (χ3n) is 4.40. The summed E-state index contributed by atoms with van der Waals surface area (Å²) >= 11 is 6.12. The monoisotopic (exact) mass is 372 g/mol. The number of aryl methyl sites for hydroxylation is 1. The molecule has 0 radical (unpaired) electrons.